The van der Waals surface area contributed by atoms with E-state index in [0.717, 1.165) is 5.69 Å². The van der Waals surface area contributed by atoms with E-state index < -0.39 is 10.0 Å². The number of halogens is 1. The summed E-state index contributed by atoms with van der Waals surface area (Å²) in [6.07, 6.45) is 2.37. The van der Waals surface area contributed by atoms with Crippen LogP contribution in [0.25, 0.3) is 0 Å². The summed E-state index contributed by atoms with van der Waals surface area (Å²) < 4.78 is 29.3. The SMILES string of the molecule is Cc1c(Cl)cccc1S(=O)(=O)NCc1cc(C2CC2)n(C)n1. The maximum atomic E-state index is 12.4. The number of nitrogens with one attached hydrogen (secondary N) is 1. The monoisotopic (exact) mass is 339 g/mol. The van der Waals surface area contributed by atoms with E-state index in [1.165, 1.54) is 18.5 Å². The van der Waals surface area contributed by atoms with E-state index in [1.54, 1.807) is 25.1 Å². The molecule has 1 aromatic carbocycles. The van der Waals surface area contributed by atoms with Gasteiger partial charge in [0, 0.05) is 23.7 Å². The Hall–Kier alpha value is -1.37. The van der Waals surface area contributed by atoms with E-state index >= 15 is 0 Å². The Kier molecular flexibility index (Phi) is 4.01. The van der Waals surface area contributed by atoms with Gasteiger partial charge >= 0.3 is 0 Å². The maximum absolute atomic E-state index is 12.4. The standard InChI is InChI=1S/C15H18ClN3O2S/c1-10-13(16)4-3-5-15(10)22(20,21)17-9-12-8-14(11-6-7-11)19(2)18-12/h3-5,8,11,17H,6-7,9H2,1-2H3. The molecule has 1 aliphatic carbocycles. The molecule has 0 spiro atoms. The van der Waals surface area contributed by atoms with Gasteiger partial charge in [-0.05, 0) is 43.5 Å². The summed E-state index contributed by atoms with van der Waals surface area (Å²) in [4.78, 5) is 0.207. The zero-order chi connectivity index (χ0) is 15.9. The van der Waals surface area contributed by atoms with Gasteiger partial charge in [-0.15, -0.1) is 0 Å². The van der Waals surface area contributed by atoms with E-state index in [-0.39, 0.29) is 11.4 Å². The van der Waals surface area contributed by atoms with Gasteiger partial charge in [-0.2, -0.15) is 5.10 Å². The van der Waals surface area contributed by atoms with Gasteiger partial charge in [-0.3, -0.25) is 4.68 Å². The summed E-state index contributed by atoms with van der Waals surface area (Å²) in [7, 11) is -1.71. The normalized spacial score (nSPS) is 15.2. The molecule has 22 heavy (non-hydrogen) atoms. The fraction of sp³-hybridized carbons (Fsp3) is 0.400. The van der Waals surface area contributed by atoms with Crippen LogP contribution in [0.5, 0.6) is 0 Å². The minimum absolute atomic E-state index is 0.175. The zero-order valence-electron chi connectivity index (χ0n) is 12.5. The molecule has 5 nitrogen and oxygen atoms in total. The molecule has 1 aromatic heterocycles. The van der Waals surface area contributed by atoms with Crippen molar-refractivity contribution in [2.45, 2.75) is 37.1 Å². The van der Waals surface area contributed by atoms with E-state index in [4.69, 9.17) is 11.6 Å². The lowest BCUT2D eigenvalue weighted by Gasteiger charge is -2.09. The fourth-order valence-corrected chi connectivity index (χ4v) is 4.01. The summed E-state index contributed by atoms with van der Waals surface area (Å²) >= 11 is 6.00. The highest BCUT2D eigenvalue weighted by Crippen LogP contribution is 2.39. The van der Waals surface area contributed by atoms with Crippen LogP contribution in [0.3, 0.4) is 0 Å². The Labute approximate surface area is 135 Å². The molecule has 1 heterocycles. The average Bonchev–Trinajstić information content (AvgIpc) is 3.23. The lowest BCUT2D eigenvalue weighted by molar-refractivity contribution is 0.578. The van der Waals surface area contributed by atoms with E-state index in [2.05, 4.69) is 9.82 Å². The van der Waals surface area contributed by atoms with Crippen molar-refractivity contribution in [2.24, 2.45) is 7.05 Å². The molecule has 0 aliphatic heterocycles. The second kappa shape index (κ2) is 5.68. The number of hydrogen-bond donors (Lipinski definition) is 1. The van der Waals surface area contributed by atoms with Crippen molar-refractivity contribution < 1.29 is 8.42 Å². The highest BCUT2D eigenvalue weighted by Gasteiger charge is 2.27. The minimum atomic E-state index is -3.60. The number of hydrogen-bond acceptors (Lipinski definition) is 3. The number of aromatic nitrogens is 2. The van der Waals surface area contributed by atoms with Gasteiger partial charge in [-0.1, -0.05) is 17.7 Å². The van der Waals surface area contributed by atoms with Crippen molar-refractivity contribution in [2.75, 3.05) is 0 Å². The fourth-order valence-electron chi connectivity index (χ4n) is 2.52. The molecule has 0 bridgehead atoms. The Balaban J connectivity index is 1.77. The third kappa shape index (κ3) is 3.04. The number of aryl methyl sites for hydroxylation is 1. The molecular weight excluding hydrogens is 322 g/mol. The number of benzene rings is 1. The first-order valence-corrected chi connectivity index (χ1v) is 9.02. The molecule has 1 saturated carbocycles. The molecule has 1 N–H and O–H groups in total. The Morgan fingerprint density at radius 1 is 1.41 bits per heavy atom. The molecule has 7 heteroatoms. The number of sulfonamides is 1. The largest absolute Gasteiger partial charge is 0.272 e. The number of rotatable bonds is 5. The Morgan fingerprint density at radius 2 is 2.14 bits per heavy atom. The Bertz CT molecular complexity index is 810. The summed E-state index contributed by atoms with van der Waals surface area (Å²) in [5.74, 6) is 0.582. The van der Waals surface area contributed by atoms with Crippen LogP contribution in [-0.4, -0.2) is 18.2 Å². The quantitative estimate of drug-likeness (QED) is 0.911. The van der Waals surface area contributed by atoms with E-state index in [1.807, 2.05) is 17.8 Å². The third-order valence-corrected chi connectivity index (χ3v) is 5.87. The highest BCUT2D eigenvalue weighted by molar-refractivity contribution is 7.89. The van der Waals surface area contributed by atoms with Crippen LogP contribution >= 0.6 is 11.6 Å². The summed E-state index contributed by atoms with van der Waals surface area (Å²) in [6, 6.07) is 6.84. The van der Waals surface area contributed by atoms with E-state index in [0.29, 0.717) is 16.5 Å². The predicted octanol–water partition coefficient (Wildman–Crippen LogP) is 2.74. The smallest absolute Gasteiger partial charge is 0.241 e. The van der Waals surface area contributed by atoms with Crippen molar-refractivity contribution in [1.29, 1.82) is 0 Å². The minimum Gasteiger partial charge on any atom is -0.272 e. The molecule has 1 fully saturated rings. The molecule has 0 atom stereocenters. The summed E-state index contributed by atoms with van der Waals surface area (Å²) in [6.45, 7) is 1.87. The molecule has 2 aromatic rings. The van der Waals surface area contributed by atoms with Crippen LogP contribution < -0.4 is 4.72 Å². The van der Waals surface area contributed by atoms with Gasteiger partial charge < -0.3 is 0 Å². The number of nitrogens with zero attached hydrogens (tertiary/aromatic N) is 2. The lowest BCUT2D eigenvalue weighted by Crippen LogP contribution is -2.24. The van der Waals surface area contributed by atoms with Crippen LogP contribution in [0.1, 0.15) is 35.7 Å². The highest BCUT2D eigenvalue weighted by atomic mass is 35.5. The van der Waals surface area contributed by atoms with Crippen molar-refractivity contribution in [3.05, 3.63) is 46.2 Å². The van der Waals surface area contributed by atoms with Crippen LogP contribution in [-0.2, 0) is 23.6 Å². The first-order valence-electron chi connectivity index (χ1n) is 7.16. The van der Waals surface area contributed by atoms with E-state index in [9.17, 15) is 8.42 Å². The predicted molar refractivity (Wildman–Crippen MR) is 85.4 cm³/mol. The third-order valence-electron chi connectivity index (χ3n) is 3.91. The lowest BCUT2D eigenvalue weighted by atomic mass is 10.2. The van der Waals surface area contributed by atoms with Crippen molar-refractivity contribution >= 4 is 21.6 Å². The molecule has 118 valence electrons. The van der Waals surface area contributed by atoms with Crippen LogP contribution in [0.2, 0.25) is 5.02 Å². The van der Waals surface area contributed by atoms with Gasteiger partial charge in [0.15, 0.2) is 0 Å². The summed E-state index contributed by atoms with van der Waals surface area (Å²) in [5, 5.41) is 4.81. The zero-order valence-corrected chi connectivity index (χ0v) is 14.1. The van der Waals surface area contributed by atoms with Crippen molar-refractivity contribution in [3.8, 4) is 0 Å². The second-order valence-corrected chi connectivity index (χ2v) is 7.79. The molecule has 3 rings (SSSR count). The van der Waals surface area contributed by atoms with Crippen molar-refractivity contribution in [3.63, 3.8) is 0 Å². The van der Waals surface area contributed by atoms with Gasteiger partial charge in [0.2, 0.25) is 10.0 Å². The molecule has 0 unspecified atom stereocenters. The molecule has 0 saturated heterocycles. The second-order valence-electron chi connectivity index (χ2n) is 5.65. The van der Waals surface area contributed by atoms with Gasteiger partial charge in [0.05, 0.1) is 17.1 Å². The Morgan fingerprint density at radius 3 is 2.82 bits per heavy atom. The first kappa shape index (κ1) is 15.5. The van der Waals surface area contributed by atoms with Crippen LogP contribution in [0.15, 0.2) is 29.2 Å². The first-order chi connectivity index (χ1) is 10.4. The molecule has 0 radical (unpaired) electrons. The molecule has 0 amide bonds. The average molecular weight is 340 g/mol. The maximum Gasteiger partial charge on any atom is 0.241 e. The topological polar surface area (TPSA) is 64.0 Å². The van der Waals surface area contributed by atoms with Crippen molar-refractivity contribution in [1.82, 2.24) is 14.5 Å². The van der Waals surface area contributed by atoms with Gasteiger partial charge in [-0.25, -0.2) is 13.1 Å². The van der Waals surface area contributed by atoms with Crippen LogP contribution in [0, 0.1) is 6.92 Å². The molecule has 1 aliphatic rings. The molecular formula is C15H18ClN3O2S. The van der Waals surface area contributed by atoms with Gasteiger partial charge in [0.1, 0.15) is 0 Å². The van der Waals surface area contributed by atoms with Gasteiger partial charge in [0.25, 0.3) is 0 Å². The summed E-state index contributed by atoms with van der Waals surface area (Å²) in [5.41, 5.74) is 2.46. The van der Waals surface area contributed by atoms with Crippen LogP contribution in [0.4, 0.5) is 0 Å².